The van der Waals surface area contributed by atoms with Gasteiger partial charge in [0.15, 0.2) is 0 Å². The minimum Gasteiger partial charge on any atom is -0.386 e. The van der Waals surface area contributed by atoms with Crippen LogP contribution in [0.4, 0.5) is 0 Å². The molecule has 60 valence electrons. The summed E-state index contributed by atoms with van der Waals surface area (Å²) in [6.45, 7) is 2.59. The third-order valence-electron chi connectivity index (χ3n) is 1.76. The minimum atomic E-state index is 0.343. The van der Waals surface area contributed by atoms with Crippen molar-refractivity contribution in [2.75, 3.05) is 6.54 Å². The Kier molecular flexibility index (Phi) is 2.81. The van der Waals surface area contributed by atoms with Crippen molar-refractivity contribution in [1.82, 2.24) is 5.32 Å². The van der Waals surface area contributed by atoms with Crippen LogP contribution >= 0.6 is 0 Å². The van der Waals surface area contributed by atoms with E-state index in [1.54, 1.807) is 0 Å². The Labute approximate surface area is 65.9 Å². The Hall–Kier alpha value is -1.15. The molecule has 1 rings (SSSR count). The summed E-state index contributed by atoms with van der Waals surface area (Å²) in [6, 6.07) is 0.343. The molecule has 0 saturated carbocycles. The van der Waals surface area contributed by atoms with E-state index >= 15 is 0 Å². The number of allylic oxidation sites excluding steroid dienone is 2. The van der Waals surface area contributed by atoms with Gasteiger partial charge < -0.3 is 5.32 Å². The van der Waals surface area contributed by atoms with Gasteiger partial charge in [-0.05, 0) is 25.3 Å². The zero-order chi connectivity index (χ0) is 8.10. The van der Waals surface area contributed by atoms with Gasteiger partial charge in [0, 0.05) is 23.2 Å². The first-order valence-electron chi connectivity index (χ1n) is 3.77. The van der Waals surface area contributed by atoms with Crippen LogP contribution in [0.5, 0.6) is 0 Å². The molecule has 1 unspecified atom stereocenters. The summed E-state index contributed by atoms with van der Waals surface area (Å²) in [5, 5.41) is 6.77. The highest BCUT2D eigenvalue weighted by Gasteiger charge is 2.09. The smallest absolute Gasteiger partial charge is 0.0460 e. The Morgan fingerprint density at radius 3 is 3.36 bits per heavy atom. The van der Waals surface area contributed by atoms with Crippen molar-refractivity contribution >= 4 is 0 Å². The summed E-state index contributed by atoms with van der Waals surface area (Å²) in [4.78, 5) is 2.72. The second-order valence-electron chi connectivity index (χ2n) is 2.72. The van der Waals surface area contributed by atoms with Gasteiger partial charge in [0.1, 0.15) is 0 Å². The van der Waals surface area contributed by atoms with E-state index < -0.39 is 0 Å². The van der Waals surface area contributed by atoms with E-state index in [-0.39, 0.29) is 0 Å². The molecule has 0 aliphatic carbocycles. The zero-order valence-corrected chi connectivity index (χ0v) is 6.62. The van der Waals surface area contributed by atoms with Crippen LogP contribution in [0.1, 0.15) is 19.8 Å². The van der Waals surface area contributed by atoms with Crippen LogP contribution in [0.25, 0.3) is 10.4 Å². The lowest BCUT2D eigenvalue weighted by Gasteiger charge is -2.21. The number of nitrogens with zero attached hydrogens (tertiary/aromatic N) is 3. The first-order chi connectivity index (χ1) is 5.33. The van der Waals surface area contributed by atoms with Gasteiger partial charge in [-0.3, -0.25) is 0 Å². The predicted octanol–water partition coefficient (Wildman–Crippen LogP) is 1.95. The van der Waals surface area contributed by atoms with Crippen LogP contribution in [0.2, 0.25) is 0 Å². The maximum absolute atomic E-state index is 8.08. The van der Waals surface area contributed by atoms with Crippen LogP contribution in [-0.4, -0.2) is 12.6 Å². The van der Waals surface area contributed by atoms with E-state index in [0.29, 0.717) is 12.6 Å². The SMILES string of the molecule is CC1=CCCC(CN=[N+]=[N-])N1. The molecule has 0 amide bonds. The molecule has 0 fully saturated rings. The van der Waals surface area contributed by atoms with Crippen LogP contribution in [-0.2, 0) is 0 Å². The molecule has 1 atom stereocenters. The summed E-state index contributed by atoms with van der Waals surface area (Å²) in [5.41, 5.74) is 9.27. The second-order valence-corrected chi connectivity index (χ2v) is 2.72. The van der Waals surface area contributed by atoms with Gasteiger partial charge in [0.25, 0.3) is 0 Å². The fraction of sp³-hybridized carbons (Fsp3) is 0.714. The third kappa shape index (κ3) is 2.51. The molecular formula is C7H12N4. The van der Waals surface area contributed by atoms with E-state index in [9.17, 15) is 0 Å². The van der Waals surface area contributed by atoms with E-state index in [0.717, 1.165) is 12.8 Å². The highest BCUT2D eigenvalue weighted by Crippen LogP contribution is 2.09. The number of azide groups is 1. The molecule has 0 spiro atoms. The average molecular weight is 152 g/mol. The van der Waals surface area contributed by atoms with Crippen molar-refractivity contribution in [2.24, 2.45) is 5.11 Å². The topological polar surface area (TPSA) is 60.8 Å². The monoisotopic (exact) mass is 152 g/mol. The lowest BCUT2D eigenvalue weighted by molar-refractivity contribution is 0.513. The molecule has 4 heteroatoms. The highest BCUT2D eigenvalue weighted by molar-refractivity contribution is 5.02. The lowest BCUT2D eigenvalue weighted by atomic mass is 10.1. The lowest BCUT2D eigenvalue weighted by Crippen LogP contribution is -2.32. The van der Waals surface area contributed by atoms with Gasteiger partial charge in [-0.15, -0.1) is 0 Å². The summed E-state index contributed by atoms with van der Waals surface area (Å²) in [6.07, 6.45) is 4.31. The van der Waals surface area contributed by atoms with Crippen LogP contribution in [0, 0.1) is 0 Å². The van der Waals surface area contributed by atoms with Crippen molar-refractivity contribution in [3.05, 3.63) is 22.2 Å². The normalized spacial score (nSPS) is 23.0. The highest BCUT2D eigenvalue weighted by atomic mass is 15.1. The molecule has 11 heavy (non-hydrogen) atoms. The summed E-state index contributed by atoms with van der Waals surface area (Å²) in [5.74, 6) is 0. The number of hydrogen-bond donors (Lipinski definition) is 1. The minimum absolute atomic E-state index is 0.343. The third-order valence-corrected chi connectivity index (χ3v) is 1.76. The fourth-order valence-corrected chi connectivity index (χ4v) is 1.23. The Bertz CT molecular complexity index is 202. The van der Waals surface area contributed by atoms with Crippen molar-refractivity contribution < 1.29 is 0 Å². The van der Waals surface area contributed by atoms with Gasteiger partial charge in [0.2, 0.25) is 0 Å². The van der Waals surface area contributed by atoms with E-state index in [1.807, 2.05) is 6.92 Å². The van der Waals surface area contributed by atoms with Gasteiger partial charge in [-0.1, -0.05) is 11.2 Å². The summed E-state index contributed by atoms with van der Waals surface area (Å²) >= 11 is 0. The van der Waals surface area contributed by atoms with Crippen LogP contribution in [0.15, 0.2) is 16.9 Å². The molecule has 0 saturated heterocycles. The molecule has 1 N–H and O–H groups in total. The first kappa shape index (κ1) is 7.95. The van der Waals surface area contributed by atoms with Crippen molar-refractivity contribution in [2.45, 2.75) is 25.8 Å². The largest absolute Gasteiger partial charge is 0.386 e. The molecule has 1 aliphatic rings. The molecule has 0 aromatic carbocycles. The number of rotatable bonds is 2. The predicted molar refractivity (Wildman–Crippen MR) is 43.9 cm³/mol. The molecule has 1 heterocycles. The average Bonchev–Trinajstić information content (AvgIpc) is 2.01. The maximum Gasteiger partial charge on any atom is 0.0460 e. The van der Waals surface area contributed by atoms with Gasteiger partial charge in [-0.2, -0.15) is 0 Å². The van der Waals surface area contributed by atoms with Gasteiger partial charge in [0.05, 0.1) is 0 Å². The fourth-order valence-electron chi connectivity index (χ4n) is 1.23. The molecule has 0 radical (unpaired) electrons. The molecule has 0 aromatic rings. The van der Waals surface area contributed by atoms with Crippen molar-refractivity contribution in [3.8, 4) is 0 Å². The van der Waals surface area contributed by atoms with Gasteiger partial charge in [-0.25, -0.2) is 0 Å². The summed E-state index contributed by atoms with van der Waals surface area (Å²) in [7, 11) is 0. The maximum atomic E-state index is 8.08. The van der Waals surface area contributed by atoms with Crippen molar-refractivity contribution in [3.63, 3.8) is 0 Å². The molecule has 1 aliphatic heterocycles. The van der Waals surface area contributed by atoms with Crippen LogP contribution < -0.4 is 5.32 Å². The second kappa shape index (κ2) is 3.88. The van der Waals surface area contributed by atoms with E-state index in [4.69, 9.17) is 5.53 Å². The Morgan fingerprint density at radius 1 is 1.91 bits per heavy atom. The van der Waals surface area contributed by atoms with Gasteiger partial charge >= 0.3 is 0 Å². The first-order valence-corrected chi connectivity index (χ1v) is 3.77. The molecule has 4 nitrogen and oxygen atoms in total. The number of nitrogens with one attached hydrogen (secondary N) is 1. The quantitative estimate of drug-likeness (QED) is 0.367. The zero-order valence-electron chi connectivity index (χ0n) is 6.62. The van der Waals surface area contributed by atoms with Crippen LogP contribution in [0.3, 0.4) is 0 Å². The standard InChI is InChI=1S/C7H12N4/c1-6-3-2-4-7(10-6)5-9-11-8/h3,7,10H,2,4-5H2,1H3. The molecule has 0 aromatic heterocycles. The number of hydrogen-bond acceptors (Lipinski definition) is 2. The molecule has 0 bridgehead atoms. The summed E-state index contributed by atoms with van der Waals surface area (Å²) < 4.78 is 0. The Balaban J connectivity index is 2.38. The molecular weight excluding hydrogens is 140 g/mol. The Morgan fingerprint density at radius 2 is 2.73 bits per heavy atom. The van der Waals surface area contributed by atoms with Crippen molar-refractivity contribution in [1.29, 1.82) is 0 Å². The van der Waals surface area contributed by atoms with E-state index in [1.165, 1.54) is 5.70 Å². The van der Waals surface area contributed by atoms with E-state index in [2.05, 4.69) is 21.4 Å².